The lowest BCUT2D eigenvalue weighted by Gasteiger charge is -2.25. The second-order valence-electron chi connectivity index (χ2n) is 3.78. The standard InChI is InChI=1S/C11H19N3OS/c1-9(6-7-16-3)14(2)11-5-4-10(8-15)12-13-11/h4-5,9,15H,6-8H2,1-3H3. The van der Waals surface area contributed by atoms with Crippen molar-refractivity contribution in [2.45, 2.75) is 26.0 Å². The Morgan fingerprint density at radius 1 is 1.44 bits per heavy atom. The van der Waals surface area contributed by atoms with E-state index in [1.165, 1.54) is 0 Å². The van der Waals surface area contributed by atoms with Gasteiger partial charge in [-0.05, 0) is 37.5 Å². The molecular weight excluding hydrogens is 222 g/mol. The van der Waals surface area contributed by atoms with Crippen LogP contribution < -0.4 is 4.90 Å². The zero-order valence-corrected chi connectivity index (χ0v) is 10.9. The number of aromatic nitrogens is 2. The van der Waals surface area contributed by atoms with Gasteiger partial charge in [-0.1, -0.05) is 0 Å². The van der Waals surface area contributed by atoms with Gasteiger partial charge in [0.25, 0.3) is 0 Å². The van der Waals surface area contributed by atoms with E-state index in [4.69, 9.17) is 5.11 Å². The van der Waals surface area contributed by atoms with Crippen LogP contribution in [0.25, 0.3) is 0 Å². The van der Waals surface area contributed by atoms with Crippen molar-refractivity contribution in [3.63, 3.8) is 0 Å². The van der Waals surface area contributed by atoms with Crippen LogP contribution in [0.2, 0.25) is 0 Å². The van der Waals surface area contributed by atoms with Gasteiger partial charge in [0.2, 0.25) is 0 Å². The molecule has 1 heterocycles. The van der Waals surface area contributed by atoms with Gasteiger partial charge in [0, 0.05) is 13.1 Å². The second kappa shape index (κ2) is 6.70. The summed E-state index contributed by atoms with van der Waals surface area (Å²) in [5, 5.41) is 16.9. The number of rotatable bonds is 6. The average Bonchev–Trinajstić information content (AvgIpc) is 2.35. The lowest BCUT2D eigenvalue weighted by molar-refractivity contribution is 0.275. The number of hydrogen-bond acceptors (Lipinski definition) is 5. The summed E-state index contributed by atoms with van der Waals surface area (Å²) in [6.07, 6.45) is 3.24. The highest BCUT2D eigenvalue weighted by Gasteiger charge is 2.11. The molecule has 0 aliphatic carbocycles. The molecule has 0 saturated heterocycles. The minimum Gasteiger partial charge on any atom is -0.390 e. The molecule has 0 aliphatic heterocycles. The summed E-state index contributed by atoms with van der Waals surface area (Å²) in [5.74, 6) is 2.00. The van der Waals surface area contributed by atoms with Crippen LogP contribution in [0.4, 0.5) is 5.82 Å². The number of anilines is 1. The Hall–Kier alpha value is -0.810. The van der Waals surface area contributed by atoms with E-state index in [-0.39, 0.29) is 6.61 Å². The second-order valence-corrected chi connectivity index (χ2v) is 4.77. The molecule has 1 N–H and O–H groups in total. The van der Waals surface area contributed by atoms with E-state index in [1.807, 2.05) is 24.9 Å². The maximum Gasteiger partial charge on any atom is 0.151 e. The van der Waals surface area contributed by atoms with Gasteiger partial charge in [-0.3, -0.25) is 0 Å². The third-order valence-electron chi connectivity index (χ3n) is 2.63. The van der Waals surface area contributed by atoms with Crippen LogP contribution in [0, 0.1) is 0 Å². The molecular formula is C11H19N3OS. The summed E-state index contributed by atoms with van der Waals surface area (Å²) in [7, 11) is 2.02. The number of thioether (sulfide) groups is 1. The first-order valence-corrected chi connectivity index (χ1v) is 6.73. The third kappa shape index (κ3) is 3.64. The molecule has 1 aromatic rings. The molecule has 1 unspecified atom stereocenters. The summed E-state index contributed by atoms with van der Waals surface area (Å²) in [5.41, 5.74) is 0.605. The average molecular weight is 241 g/mol. The Morgan fingerprint density at radius 3 is 2.69 bits per heavy atom. The largest absolute Gasteiger partial charge is 0.390 e. The molecule has 0 aromatic carbocycles. The molecule has 4 nitrogen and oxygen atoms in total. The van der Waals surface area contributed by atoms with E-state index < -0.39 is 0 Å². The Labute approximate surface area is 101 Å². The molecule has 1 aromatic heterocycles. The maximum absolute atomic E-state index is 8.87. The number of aliphatic hydroxyl groups is 1. The van der Waals surface area contributed by atoms with Crippen molar-refractivity contribution < 1.29 is 5.11 Å². The Balaban J connectivity index is 2.60. The first-order chi connectivity index (χ1) is 7.69. The van der Waals surface area contributed by atoms with Gasteiger partial charge in [-0.25, -0.2) is 0 Å². The van der Waals surface area contributed by atoms with Crippen molar-refractivity contribution in [3.05, 3.63) is 17.8 Å². The van der Waals surface area contributed by atoms with Crippen molar-refractivity contribution in [1.29, 1.82) is 0 Å². The Morgan fingerprint density at radius 2 is 2.19 bits per heavy atom. The van der Waals surface area contributed by atoms with Crippen LogP contribution in [0.3, 0.4) is 0 Å². The minimum absolute atomic E-state index is 0.0565. The van der Waals surface area contributed by atoms with Crippen LogP contribution in [0.5, 0.6) is 0 Å². The van der Waals surface area contributed by atoms with Gasteiger partial charge in [0.1, 0.15) is 0 Å². The van der Waals surface area contributed by atoms with Gasteiger partial charge >= 0.3 is 0 Å². The third-order valence-corrected chi connectivity index (χ3v) is 3.27. The first-order valence-electron chi connectivity index (χ1n) is 5.34. The molecule has 0 saturated carbocycles. The summed E-state index contributed by atoms with van der Waals surface area (Å²) in [4.78, 5) is 2.12. The highest BCUT2D eigenvalue weighted by Crippen LogP contribution is 2.14. The molecule has 1 rings (SSSR count). The van der Waals surface area contributed by atoms with Gasteiger partial charge in [0.05, 0.1) is 12.3 Å². The fraction of sp³-hybridized carbons (Fsp3) is 0.636. The van der Waals surface area contributed by atoms with Crippen LogP contribution in [-0.4, -0.2) is 40.4 Å². The zero-order valence-electron chi connectivity index (χ0n) is 10.1. The lowest BCUT2D eigenvalue weighted by atomic mass is 10.2. The quantitative estimate of drug-likeness (QED) is 0.819. The highest BCUT2D eigenvalue weighted by molar-refractivity contribution is 7.98. The number of aliphatic hydroxyl groups excluding tert-OH is 1. The Kier molecular flexibility index (Phi) is 5.55. The van der Waals surface area contributed by atoms with Crippen molar-refractivity contribution >= 4 is 17.6 Å². The first kappa shape index (κ1) is 13.3. The highest BCUT2D eigenvalue weighted by atomic mass is 32.2. The monoisotopic (exact) mass is 241 g/mol. The SMILES string of the molecule is CSCCC(C)N(C)c1ccc(CO)nn1. The van der Waals surface area contributed by atoms with Gasteiger partial charge in [0.15, 0.2) is 5.82 Å². The van der Waals surface area contributed by atoms with Crippen LogP contribution in [0.1, 0.15) is 19.0 Å². The lowest BCUT2D eigenvalue weighted by Crippen LogP contribution is -2.30. The molecule has 0 fully saturated rings. The molecule has 90 valence electrons. The van der Waals surface area contributed by atoms with Crippen molar-refractivity contribution in [2.75, 3.05) is 24.0 Å². The minimum atomic E-state index is -0.0565. The van der Waals surface area contributed by atoms with Crippen LogP contribution in [0.15, 0.2) is 12.1 Å². The zero-order chi connectivity index (χ0) is 12.0. The van der Waals surface area contributed by atoms with E-state index >= 15 is 0 Å². The Bertz CT molecular complexity index is 305. The van der Waals surface area contributed by atoms with Crippen LogP contribution >= 0.6 is 11.8 Å². The smallest absolute Gasteiger partial charge is 0.151 e. The topological polar surface area (TPSA) is 49.2 Å². The molecule has 0 spiro atoms. The summed E-state index contributed by atoms with van der Waals surface area (Å²) in [6.45, 7) is 2.12. The molecule has 16 heavy (non-hydrogen) atoms. The summed E-state index contributed by atoms with van der Waals surface area (Å²) in [6, 6.07) is 4.15. The summed E-state index contributed by atoms with van der Waals surface area (Å²) >= 11 is 1.85. The van der Waals surface area contributed by atoms with E-state index in [0.717, 1.165) is 18.0 Å². The van der Waals surface area contributed by atoms with E-state index in [9.17, 15) is 0 Å². The van der Waals surface area contributed by atoms with Crippen molar-refractivity contribution in [1.82, 2.24) is 10.2 Å². The fourth-order valence-corrected chi connectivity index (χ4v) is 1.91. The van der Waals surface area contributed by atoms with E-state index in [0.29, 0.717) is 11.7 Å². The molecule has 5 heteroatoms. The predicted molar refractivity (Wildman–Crippen MR) is 68.8 cm³/mol. The number of nitrogens with zero attached hydrogens (tertiary/aromatic N) is 3. The summed E-state index contributed by atoms with van der Waals surface area (Å²) < 4.78 is 0. The van der Waals surface area contributed by atoms with Crippen LogP contribution in [-0.2, 0) is 6.61 Å². The predicted octanol–water partition coefficient (Wildman–Crippen LogP) is 1.55. The van der Waals surface area contributed by atoms with Gasteiger partial charge < -0.3 is 10.0 Å². The fourth-order valence-electron chi connectivity index (χ4n) is 1.33. The maximum atomic E-state index is 8.87. The van der Waals surface area contributed by atoms with Gasteiger partial charge in [-0.2, -0.15) is 16.9 Å². The molecule has 0 amide bonds. The molecule has 0 bridgehead atoms. The molecule has 1 atom stereocenters. The molecule has 0 radical (unpaired) electrons. The van der Waals surface area contributed by atoms with E-state index in [2.05, 4.69) is 28.3 Å². The van der Waals surface area contributed by atoms with Crippen molar-refractivity contribution in [3.8, 4) is 0 Å². The van der Waals surface area contributed by atoms with Gasteiger partial charge in [-0.15, -0.1) is 5.10 Å². The number of hydrogen-bond donors (Lipinski definition) is 1. The van der Waals surface area contributed by atoms with E-state index in [1.54, 1.807) is 6.07 Å². The molecule has 0 aliphatic rings. The van der Waals surface area contributed by atoms with Crippen molar-refractivity contribution in [2.24, 2.45) is 0 Å². The normalized spacial score (nSPS) is 12.5.